The fraction of sp³-hybridized carbons (Fsp3) is 0. The maximum absolute atomic E-state index is 5.85. The normalized spacial score (nSPS) is 10.3. The molecule has 0 atom stereocenters. The zero-order chi connectivity index (χ0) is 9.26. The first-order valence-electron chi connectivity index (χ1n) is 3.32. The molecular formula is C6H3Cl2N5. The highest BCUT2D eigenvalue weighted by atomic mass is 35.5. The minimum Gasteiger partial charge on any atom is -0.250 e. The van der Waals surface area contributed by atoms with E-state index in [1.165, 1.54) is 6.20 Å². The van der Waals surface area contributed by atoms with E-state index in [0.717, 1.165) is 0 Å². The third kappa shape index (κ3) is 1.61. The Morgan fingerprint density at radius 1 is 1.31 bits per heavy atom. The summed E-state index contributed by atoms with van der Waals surface area (Å²) >= 11 is 11.5. The average molecular weight is 216 g/mol. The van der Waals surface area contributed by atoms with Crippen molar-refractivity contribution in [2.45, 2.75) is 0 Å². The SMILES string of the molecule is Clc1cnc(-c2nn[nH]n2)c(Cl)c1. The van der Waals surface area contributed by atoms with Crippen LogP contribution in [-0.4, -0.2) is 25.6 Å². The number of nitrogens with one attached hydrogen (secondary N) is 1. The lowest BCUT2D eigenvalue weighted by Gasteiger charge is -1.96. The molecule has 0 aliphatic heterocycles. The quantitative estimate of drug-likeness (QED) is 0.785. The van der Waals surface area contributed by atoms with Gasteiger partial charge in [0.1, 0.15) is 5.69 Å². The van der Waals surface area contributed by atoms with Gasteiger partial charge in [-0.05, 0) is 11.3 Å². The van der Waals surface area contributed by atoms with Gasteiger partial charge in [-0.1, -0.05) is 23.2 Å². The van der Waals surface area contributed by atoms with Crippen molar-refractivity contribution in [1.82, 2.24) is 25.6 Å². The fourth-order valence-electron chi connectivity index (χ4n) is 0.841. The molecule has 0 spiro atoms. The lowest BCUT2D eigenvalue weighted by atomic mass is 10.3. The van der Waals surface area contributed by atoms with Gasteiger partial charge in [0, 0.05) is 6.20 Å². The third-order valence-corrected chi connectivity index (χ3v) is 1.86. The summed E-state index contributed by atoms with van der Waals surface area (Å²) in [6.45, 7) is 0. The first-order valence-corrected chi connectivity index (χ1v) is 4.08. The van der Waals surface area contributed by atoms with Gasteiger partial charge in [-0.3, -0.25) is 0 Å². The molecule has 66 valence electrons. The van der Waals surface area contributed by atoms with Gasteiger partial charge in [-0.15, -0.1) is 10.2 Å². The van der Waals surface area contributed by atoms with E-state index < -0.39 is 0 Å². The molecule has 13 heavy (non-hydrogen) atoms. The van der Waals surface area contributed by atoms with Crippen LogP contribution in [0.15, 0.2) is 12.3 Å². The fourth-order valence-corrected chi connectivity index (χ4v) is 1.31. The van der Waals surface area contributed by atoms with Gasteiger partial charge in [-0.2, -0.15) is 5.21 Å². The molecule has 0 radical (unpaired) electrons. The van der Waals surface area contributed by atoms with Gasteiger partial charge in [0.2, 0.25) is 5.82 Å². The van der Waals surface area contributed by atoms with Crippen molar-refractivity contribution in [3.8, 4) is 11.5 Å². The van der Waals surface area contributed by atoms with E-state index in [0.29, 0.717) is 21.6 Å². The molecule has 0 fully saturated rings. The third-order valence-electron chi connectivity index (χ3n) is 1.36. The first kappa shape index (κ1) is 8.40. The van der Waals surface area contributed by atoms with Crippen LogP contribution in [0.3, 0.4) is 0 Å². The molecule has 0 amide bonds. The Kier molecular flexibility index (Phi) is 2.12. The summed E-state index contributed by atoms with van der Waals surface area (Å²) < 4.78 is 0. The number of hydrogen-bond donors (Lipinski definition) is 1. The van der Waals surface area contributed by atoms with Crippen molar-refractivity contribution in [1.29, 1.82) is 0 Å². The Labute approximate surface area is 83.1 Å². The maximum Gasteiger partial charge on any atom is 0.224 e. The molecule has 2 aromatic heterocycles. The lowest BCUT2D eigenvalue weighted by molar-refractivity contribution is 0.881. The predicted octanol–water partition coefficient (Wildman–Crippen LogP) is 1.57. The highest BCUT2D eigenvalue weighted by Crippen LogP contribution is 2.24. The Morgan fingerprint density at radius 3 is 2.77 bits per heavy atom. The van der Waals surface area contributed by atoms with Crippen LogP contribution in [0, 0.1) is 0 Å². The largest absolute Gasteiger partial charge is 0.250 e. The molecule has 2 rings (SSSR count). The highest BCUT2D eigenvalue weighted by molar-refractivity contribution is 6.35. The minimum atomic E-state index is 0.349. The van der Waals surface area contributed by atoms with E-state index in [-0.39, 0.29) is 0 Å². The summed E-state index contributed by atoms with van der Waals surface area (Å²) in [6.07, 6.45) is 1.47. The van der Waals surface area contributed by atoms with Gasteiger partial charge in [0.25, 0.3) is 0 Å². The smallest absolute Gasteiger partial charge is 0.224 e. The molecule has 0 aliphatic rings. The number of nitrogens with zero attached hydrogens (tertiary/aromatic N) is 4. The van der Waals surface area contributed by atoms with E-state index in [9.17, 15) is 0 Å². The van der Waals surface area contributed by atoms with Gasteiger partial charge in [0.15, 0.2) is 0 Å². The number of H-pyrrole nitrogens is 1. The molecule has 0 aromatic carbocycles. The second-order valence-electron chi connectivity index (χ2n) is 2.22. The molecule has 1 N–H and O–H groups in total. The summed E-state index contributed by atoms with van der Waals surface area (Å²) in [5, 5.41) is 14.0. The molecule has 5 nitrogen and oxygen atoms in total. The number of tetrazole rings is 1. The van der Waals surface area contributed by atoms with Crippen molar-refractivity contribution in [3.63, 3.8) is 0 Å². The lowest BCUT2D eigenvalue weighted by Crippen LogP contribution is -1.87. The second-order valence-corrected chi connectivity index (χ2v) is 3.06. The summed E-state index contributed by atoms with van der Waals surface area (Å²) in [6, 6.07) is 1.57. The molecule has 0 bridgehead atoms. The molecule has 2 heterocycles. The van der Waals surface area contributed by atoms with Crippen molar-refractivity contribution >= 4 is 23.2 Å². The predicted molar refractivity (Wildman–Crippen MR) is 47.4 cm³/mol. The van der Waals surface area contributed by atoms with Gasteiger partial charge in [0.05, 0.1) is 10.0 Å². The van der Waals surface area contributed by atoms with Gasteiger partial charge in [-0.25, -0.2) is 4.98 Å². The van der Waals surface area contributed by atoms with Crippen LogP contribution in [0.4, 0.5) is 0 Å². The molecule has 2 aromatic rings. The Bertz CT molecular complexity index is 413. The zero-order valence-electron chi connectivity index (χ0n) is 6.20. The second kappa shape index (κ2) is 3.27. The molecular weight excluding hydrogens is 213 g/mol. The number of rotatable bonds is 1. The van der Waals surface area contributed by atoms with Gasteiger partial charge < -0.3 is 0 Å². The highest BCUT2D eigenvalue weighted by Gasteiger charge is 2.09. The number of aromatic nitrogens is 5. The molecule has 7 heteroatoms. The van der Waals surface area contributed by atoms with Gasteiger partial charge >= 0.3 is 0 Å². The standard InChI is InChI=1S/C6H3Cl2N5/c7-3-1-4(8)5(9-2-3)6-10-12-13-11-6/h1-2H,(H,10,11,12,13). The Hall–Kier alpha value is -1.20. The minimum absolute atomic E-state index is 0.349. The summed E-state index contributed by atoms with van der Waals surface area (Å²) in [4.78, 5) is 3.97. The van der Waals surface area contributed by atoms with Crippen LogP contribution < -0.4 is 0 Å². The first-order chi connectivity index (χ1) is 6.27. The molecule has 0 aliphatic carbocycles. The van der Waals surface area contributed by atoms with Crippen molar-refractivity contribution in [3.05, 3.63) is 22.3 Å². The van der Waals surface area contributed by atoms with Crippen LogP contribution >= 0.6 is 23.2 Å². The number of halogens is 2. The summed E-state index contributed by atoms with van der Waals surface area (Å²) in [7, 11) is 0. The zero-order valence-corrected chi connectivity index (χ0v) is 7.71. The Morgan fingerprint density at radius 2 is 2.15 bits per heavy atom. The molecule has 0 unspecified atom stereocenters. The van der Waals surface area contributed by atoms with Crippen molar-refractivity contribution in [2.24, 2.45) is 0 Å². The maximum atomic E-state index is 5.85. The van der Waals surface area contributed by atoms with Crippen molar-refractivity contribution < 1.29 is 0 Å². The Balaban J connectivity index is 2.53. The van der Waals surface area contributed by atoms with Crippen LogP contribution in [0.25, 0.3) is 11.5 Å². The van der Waals surface area contributed by atoms with Crippen LogP contribution in [-0.2, 0) is 0 Å². The van der Waals surface area contributed by atoms with E-state index in [1.54, 1.807) is 6.07 Å². The van der Waals surface area contributed by atoms with Crippen LogP contribution in [0.2, 0.25) is 10.0 Å². The van der Waals surface area contributed by atoms with E-state index in [1.807, 2.05) is 0 Å². The summed E-state index contributed by atoms with van der Waals surface area (Å²) in [5.41, 5.74) is 0.458. The van der Waals surface area contributed by atoms with E-state index in [4.69, 9.17) is 23.2 Å². The number of aromatic amines is 1. The van der Waals surface area contributed by atoms with Crippen LogP contribution in [0.1, 0.15) is 0 Å². The van der Waals surface area contributed by atoms with E-state index >= 15 is 0 Å². The number of pyridine rings is 1. The van der Waals surface area contributed by atoms with E-state index in [2.05, 4.69) is 25.6 Å². The molecule has 0 saturated carbocycles. The topological polar surface area (TPSA) is 67.3 Å². The molecule has 0 saturated heterocycles. The monoisotopic (exact) mass is 215 g/mol. The average Bonchev–Trinajstić information content (AvgIpc) is 2.56. The van der Waals surface area contributed by atoms with Crippen LogP contribution in [0.5, 0.6) is 0 Å². The summed E-state index contributed by atoms with van der Waals surface area (Å²) in [5.74, 6) is 0.349. The van der Waals surface area contributed by atoms with Crippen molar-refractivity contribution in [2.75, 3.05) is 0 Å². The number of hydrogen-bond acceptors (Lipinski definition) is 4.